The molecule has 0 fully saturated rings. The molecule has 6 heteroatoms. The Morgan fingerprint density at radius 1 is 1.33 bits per heavy atom. The molecule has 0 amide bonds. The number of hydrogen-bond acceptors (Lipinski definition) is 3. The van der Waals surface area contributed by atoms with E-state index in [0.717, 1.165) is 12.1 Å². The van der Waals surface area contributed by atoms with Crippen LogP contribution in [-0.2, 0) is 9.84 Å². The standard InChI is InChI=1S/C12H15F2NO2S/c1-3-15-11-4-7(2)18(16,17)12-6-10(14)9(13)5-8(11)12/h5-7,11,15H,3-4H2,1-2H3. The van der Waals surface area contributed by atoms with Gasteiger partial charge >= 0.3 is 0 Å². The Hall–Kier alpha value is -1.01. The van der Waals surface area contributed by atoms with Gasteiger partial charge in [0.1, 0.15) is 0 Å². The van der Waals surface area contributed by atoms with Crippen LogP contribution in [0.25, 0.3) is 0 Å². The second-order valence-electron chi connectivity index (χ2n) is 4.51. The number of nitrogens with one attached hydrogen (secondary N) is 1. The van der Waals surface area contributed by atoms with E-state index < -0.39 is 26.7 Å². The van der Waals surface area contributed by atoms with Crippen LogP contribution in [0, 0.1) is 11.6 Å². The maximum atomic E-state index is 13.3. The molecule has 0 bridgehead atoms. The normalized spacial score (nSPS) is 25.8. The molecule has 2 atom stereocenters. The molecular weight excluding hydrogens is 260 g/mol. The van der Waals surface area contributed by atoms with Crippen LogP contribution in [-0.4, -0.2) is 20.2 Å². The Morgan fingerprint density at radius 2 is 1.94 bits per heavy atom. The third-order valence-corrected chi connectivity index (χ3v) is 5.50. The molecule has 100 valence electrons. The molecule has 0 radical (unpaired) electrons. The molecule has 0 saturated carbocycles. The van der Waals surface area contributed by atoms with E-state index in [-0.39, 0.29) is 10.9 Å². The van der Waals surface area contributed by atoms with E-state index in [4.69, 9.17) is 0 Å². The zero-order valence-electron chi connectivity index (χ0n) is 10.2. The maximum absolute atomic E-state index is 13.3. The van der Waals surface area contributed by atoms with Gasteiger partial charge in [0.25, 0.3) is 0 Å². The minimum Gasteiger partial charge on any atom is -0.310 e. The Balaban J connectivity index is 2.65. The summed E-state index contributed by atoms with van der Waals surface area (Å²) in [5, 5.41) is 2.50. The lowest BCUT2D eigenvalue weighted by atomic mass is 10.0. The smallest absolute Gasteiger partial charge is 0.181 e. The average molecular weight is 275 g/mol. The van der Waals surface area contributed by atoms with Gasteiger partial charge in [0.2, 0.25) is 0 Å². The van der Waals surface area contributed by atoms with E-state index >= 15 is 0 Å². The first-order chi connectivity index (χ1) is 8.37. The number of sulfone groups is 1. The van der Waals surface area contributed by atoms with Crippen molar-refractivity contribution in [3.63, 3.8) is 0 Å². The molecule has 1 aliphatic heterocycles. The van der Waals surface area contributed by atoms with Gasteiger partial charge in [-0.15, -0.1) is 0 Å². The van der Waals surface area contributed by atoms with Crippen LogP contribution in [0.1, 0.15) is 31.9 Å². The minimum atomic E-state index is -3.56. The summed E-state index contributed by atoms with van der Waals surface area (Å²) in [6.07, 6.45) is 0.369. The molecule has 1 aromatic carbocycles. The van der Waals surface area contributed by atoms with E-state index in [2.05, 4.69) is 5.32 Å². The summed E-state index contributed by atoms with van der Waals surface area (Å²) >= 11 is 0. The number of hydrogen-bond donors (Lipinski definition) is 1. The van der Waals surface area contributed by atoms with E-state index in [1.807, 2.05) is 6.92 Å². The molecule has 2 unspecified atom stereocenters. The summed E-state index contributed by atoms with van der Waals surface area (Å²) in [5.41, 5.74) is 0.328. The summed E-state index contributed by atoms with van der Waals surface area (Å²) in [5.74, 6) is -2.14. The Kier molecular flexibility index (Phi) is 3.42. The van der Waals surface area contributed by atoms with Crippen LogP contribution in [0.4, 0.5) is 8.78 Å². The van der Waals surface area contributed by atoms with Gasteiger partial charge in [-0.1, -0.05) is 6.92 Å². The lowest BCUT2D eigenvalue weighted by molar-refractivity contribution is 0.456. The van der Waals surface area contributed by atoms with Crippen molar-refractivity contribution in [3.05, 3.63) is 29.3 Å². The minimum absolute atomic E-state index is 0.0916. The van der Waals surface area contributed by atoms with Crippen molar-refractivity contribution in [1.82, 2.24) is 5.32 Å². The van der Waals surface area contributed by atoms with Gasteiger partial charge in [-0.2, -0.15) is 0 Å². The van der Waals surface area contributed by atoms with Gasteiger partial charge in [-0.3, -0.25) is 0 Å². The van der Waals surface area contributed by atoms with Gasteiger partial charge in [-0.05, 0) is 37.6 Å². The zero-order valence-corrected chi connectivity index (χ0v) is 11.0. The number of halogens is 2. The second kappa shape index (κ2) is 4.59. The Bertz CT molecular complexity index is 572. The van der Waals surface area contributed by atoms with Crippen LogP contribution < -0.4 is 5.32 Å². The highest BCUT2D eigenvalue weighted by Crippen LogP contribution is 2.37. The quantitative estimate of drug-likeness (QED) is 0.842. The highest BCUT2D eigenvalue weighted by molar-refractivity contribution is 7.92. The highest BCUT2D eigenvalue weighted by Gasteiger charge is 2.36. The second-order valence-corrected chi connectivity index (χ2v) is 6.84. The van der Waals surface area contributed by atoms with Crippen LogP contribution >= 0.6 is 0 Å². The predicted molar refractivity (Wildman–Crippen MR) is 64.0 cm³/mol. The van der Waals surface area contributed by atoms with Crippen molar-refractivity contribution < 1.29 is 17.2 Å². The Labute approximate surface area is 105 Å². The zero-order chi connectivity index (χ0) is 13.5. The largest absolute Gasteiger partial charge is 0.310 e. The van der Waals surface area contributed by atoms with E-state index in [1.54, 1.807) is 6.92 Å². The fourth-order valence-corrected chi connectivity index (χ4v) is 3.98. The van der Waals surface area contributed by atoms with Crippen LogP contribution in [0.2, 0.25) is 0 Å². The fraction of sp³-hybridized carbons (Fsp3) is 0.500. The highest BCUT2D eigenvalue weighted by atomic mass is 32.2. The van der Waals surface area contributed by atoms with Gasteiger partial charge in [-0.25, -0.2) is 17.2 Å². The van der Waals surface area contributed by atoms with Gasteiger partial charge in [0, 0.05) is 6.04 Å². The number of fused-ring (bicyclic) bond motifs is 1. The number of rotatable bonds is 2. The summed E-state index contributed by atoms with van der Waals surface area (Å²) < 4.78 is 50.7. The first kappa shape index (κ1) is 13.4. The van der Waals surface area contributed by atoms with Crippen molar-refractivity contribution in [2.24, 2.45) is 0 Å². The molecule has 18 heavy (non-hydrogen) atoms. The van der Waals surface area contributed by atoms with E-state index in [1.165, 1.54) is 0 Å². The van der Waals surface area contributed by atoms with Gasteiger partial charge < -0.3 is 5.32 Å². The molecule has 1 aromatic rings. The first-order valence-corrected chi connectivity index (χ1v) is 7.38. The molecule has 1 aliphatic rings. The summed E-state index contributed by atoms with van der Waals surface area (Å²) in [4.78, 5) is -0.0916. The average Bonchev–Trinajstić information content (AvgIpc) is 2.29. The van der Waals surface area contributed by atoms with Gasteiger partial charge in [0.05, 0.1) is 10.1 Å². The van der Waals surface area contributed by atoms with Crippen molar-refractivity contribution in [2.45, 2.75) is 36.5 Å². The van der Waals surface area contributed by atoms with Crippen LogP contribution in [0.3, 0.4) is 0 Å². The van der Waals surface area contributed by atoms with Crippen LogP contribution in [0.5, 0.6) is 0 Å². The fourth-order valence-electron chi connectivity index (χ4n) is 2.30. The predicted octanol–water partition coefficient (Wildman–Crippen LogP) is 2.18. The van der Waals surface area contributed by atoms with Crippen molar-refractivity contribution >= 4 is 9.84 Å². The molecule has 0 spiro atoms. The monoisotopic (exact) mass is 275 g/mol. The van der Waals surface area contributed by atoms with Crippen LogP contribution in [0.15, 0.2) is 17.0 Å². The third kappa shape index (κ3) is 2.03. The summed E-state index contributed by atoms with van der Waals surface area (Å²) in [7, 11) is -3.56. The number of benzene rings is 1. The van der Waals surface area contributed by atoms with Crippen molar-refractivity contribution in [2.75, 3.05) is 6.54 Å². The summed E-state index contributed by atoms with van der Waals surface area (Å²) in [6, 6.07) is 1.53. The third-order valence-electron chi connectivity index (χ3n) is 3.28. The van der Waals surface area contributed by atoms with E-state index in [0.29, 0.717) is 18.5 Å². The molecule has 0 aromatic heterocycles. The van der Waals surface area contributed by atoms with Gasteiger partial charge in [0.15, 0.2) is 21.5 Å². The lowest BCUT2D eigenvalue weighted by Gasteiger charge is -2.30. The molecular formula is C12H15F2NO2S. The molecule has 1 N–H and O–H groups in total. The lowest BCUT2D eigenvalue weighted by Crippen LogP contribution is -2.34. The van der Waals surface area contributed by atoms with Crippen molar-refractivity contribution in [1.29, 1.82) is 0 Å². The molecule has 0 saturated heterocycles. The first-order valence-electron chi connectivity index (χ1n) is 5.84. The maximum Gasteiger partial charge on any atom is 0.181 e. The molecule has 0 aliphatic carbocycles. The molecule has 1 heterocycles. The summed E-state index contributed by atoms with van der Waals surface area (Å²) in [6.45, 7) is 4.10. The molecule has 3 nitrogen and oxygen atoms in total. The molecule has 2 rings (SSSR count). The van der Waals surface area contributed by atoms with Crippen molar-refractivity contribution in [3.8, 4) is 0 Å². The Morgan fingerprint density at radius 3 is 2.56 bits per heavy atom. The van der Waals surface area contributed by atoms with E-state index in [9.17, 15) is 17.2 Å². The SMILES string of the molecule is CCNC1CC(C)S(=O)(=O)c2cc(F)c(F)cc21. The topological polar surface area (TPSA) is 46.2 Å².